The summed E-state index contributed by atoms with van der Waals surface area (Å²) >= 11 is 11.9. The average Bonchev–Trinajstić information content (AvgIpc) is 2.33. The van der Waals surface area contributed by atoms with Crippen LogP contribution in [0.2, 0.25) is 10.0 Å². The summed E-state index contributed by atoms with van der Waals surface area (Å²) in [5, 5.41) is 4.70. The van der Waals surface area contributed by atoms with E-state index in [1.807, 2.05) is 25.1 Å². The molecule has 0 radical (unpaired) electrons. The third-order valence-corrected chi connectivity index (χ3v) is 5.01. The van der Waals surface area contributed by atoms with Gasteiger partial charge in [0.1, 0.15) is 0 Å². The normalized spacial score (nSPS) is 16.3. The van der Waals surface area contributed by atoms with Crippen molar-refractivity contribution >= 4 is 34.0 Å². The summed E-state index contributed by atoms with van der Waals surface area (Å²) in [7, 11) is -0.803. The summed E-state index contributed by atoms with van der Waals surface area (Å²) in [4.78, 5) is 0. The average molecular weight is 308 g/mol. The molecule has 0 fully saturated rings. The number of hydrogen-bond donors (Lipinski definition) is 1. The van der Waals surface area contributed by atoms with Crippen molar-refractivity contribution in [3.05, 3.63) is 33.8 Å². The Balaban J connectivity index is 2.71. The molecule has 3 atom stereocenters. The smallest absolute Gasteiger partial charge is 0.0595 e. The van der Waals surface area contributed by atoms with Crippen LogP contribution in [0.4, 0.5) is 0 Å². The van der Waals surface area contributed by atoms with Crippen molar-refractivity contribution < 1.29 is 4.21 Å². The van der Waals surface area contributed by atoms with Crippen LogP contribution in [0, 0.1) is 0 Å². The molecule has 0 spiro atoms. The van der Waals surface area contributed by atoms with Crippen LogP contribution >= 0.6 is 23.2 Å². The van der Waals surface area contributed by atoms with E-state index in [-0.39, 0.29) is 11.3 Å². The van der Waals surface area contributed by atoms with Crippen molar-refractivity contribution in [2.75, 3.05) is 12.8 Å². The Labute approximate surface area is 122 Å². The second-order valence-corrected chi connectivity index (χ2v) is 6.97. The Morgan fingerprint density at radius 2 is 2.00 bits per heavy atom. The zero-order valence-electron chi connectivity index (χ0n) is 10.9. The first kappa shape index (κ1) is 16.0. The first-order valence-electron chi connectivity index (χ1n) is 5.96. The van der Waals surface area contributed by atoms with E-state index in [1.54, 1.807) is 6.26 Å². The monoisotopic (exact) mass is 307 g/mol. The molecule has 1 aromatic carbocycles. The van der Waals surface area contributed by atoms with Gasteiger partial charge in [0.2, 0.25) is 0 Å². The van der Waals surface area contributed by atoms with Gasteiger partial charge in [-0.1, -0.05) is 36.2 Å². The Morgan fingerprint density at radius 1 is 1.33 bits per heavy atom. The maximum atomic E-state index is 11.3. The molecule has 0 heterocycles. The molecule has 18 heavy (non-hydrogen) atoms. The number of hydrogen-bond acceptors (Lipinski definition) is 2. The van der Waals surface area contributed by atoms with Crippen molar-refractivity contribution in [3.63, 3.8) is 0 Å². The molecule has 0 amide bonds. The van der Waals surface area contributed by atoms with Gasteiger partial charge in [0, 0.05) is 34.9 Å². The van der Waals surface area contributed by atoms with E-state index in [2.05, 4.69) is 12.2 Å². The number of benzene rings is 1. The molecule has 0 saturated heterocycles. The zero-order chi connectivity index (χ0) is 13.7. The highest BCUT2D eigenvalue weighted by atomic mass is 35.5. The van der Waals surface area contributed by atoms with Crippen molar-refractivity contribution in [1.82, 2.24) is 5.32 Å². The molecule has 0 aromatic heterocycles. The summed E-state index contributed by atoms with van der Waals surface area (Å²) < 4.78 is 11.3. The first-order chi connectivity index (χ1) is 8.45. The lowest BCUT2D eigenvalue weighted by Crippen LogP contribution is -2.30. The minimum atomic E-state index is -0.803. The molecule has 1 N–H and O–H groups in total. The topological polar surface area (TPSA) is 29.1 Å². The Kier molecular flexibility index (Phi) is 6.64. The van der Waals surface area contributed by atoms with E-state index in [0.29, 0.717) is 10.0 Å². The number of nitrogens with one attached hydrogen (secondary N) is 1. The Morgan fingerprint density at radius 3 is 2.50 bits per heavy atom. The minimum Gasteiger partial charge on any atom is -0.309 e. The van der Waals surface area contributed by atoms with Crippen LogP contribution < -0.4 is 5.32 Å². The SMILES string of the molecule is CCC(NCC(C)S(C)=O)c1ccc(Cl)c(Cl)c1. The molecule has 102 valence electrons. The summed E-state index contributed by atoms with van der Waals surface area (Å²) in [5.74, 6) is 0. The fourth-order valence-corrected chi connectivity index (χ4v) is 2.29. The summed E-state index contributed by atoms with van der Waals surface area (Å²) in [6.45, 7) is 4.81. The van der Waals surface area contributed by atoms with Gasteiger partial charge < -0.3 is 5.32 Å². The standard InChI is InChI=1S/C13H19Cl2NOS/c1-4-13(16-8-9(2)18(3)17)10-5-6-11(14)12(15)7-10/h5-7,9,13,16H,4,8H2,1-3H3. The third-order valence-electron chi connectivity index (χ3n) is 2.97. The molecule has 5 heteroatoms. The van der Waals surface area contributed by atoms with E-state index in [1.165, 1.54) is 0 Å². The molecule has 0 aliphatic carbocycles. The summed E-state index contributed by atoms with van der Waals surface area (Å²) in [5.41, 5.74) is 1.11. The molecule has 1 aromatic rings. The van der Waals surface area contributed by atoms with Crippen LogP contribution in [-0.2, 0) is 10.8 Å². The second-order valence-electron chi connectivity index (χ2n) is 4.35. The molecule has 3 unspecified atom stereocenters. The maximum Gasteiger partial charge on any atom is 0.0595 e. The molecule has 0 saturated carbocycles. The number of halogens is 2. The lowest BCUT2D eigenvalue weighted by atomic mass is 10.0. The highest BCUT2D eigenvalue weighted by Gasteiger charge is 2.13. The zero-order valence-corrected chi connectivity index (χ0v) is 13.2. The Bertz CT molecular complexity index is 425. The second kappa shape index (κ2) is 7.49. The lowest BCUT2D eigenvalue weighted by Gasteiger charge is -2.20. The quantitative estimate of drug-likeness (QED) is 0.866. The van der Waals surface area contributed by atoms with Crippen LogP contribution in [0.15, 0.2) is 18.2 Å². The van der Waals surface area contributed by atoms with E-state index in [4.69, 9.17) is 23.2 Å². The van der Waals surface area contributed by atoms with Gasteiger partial charge in [-0.15, -0.1) is 0 Å². The van der Waals surface area contributed by atoms with Crippen LogP contribution in [0.25, 0.3) is 0 Å². The first-order valence-corrected chi connectivity index (χ1v) is 8.34. The predicted molar refractivity (Wildman–Crippen MR) is 81.0 cm³/mol. The highest BCUT2D eigenvalue weighted by Crippen LogP contribution is 2.26. The van der Waals surface area contributed by atoms with E-state index >= 15 is 0 Å². The summed E-state index contributed by atoms with van der Waals surface area (Å²) in [6, 6.07) is 5.89. The molecule has 0 aliphatic rings. The van der Waals surface area contributed by atoms with Gasteiger partial charge in [-0.25, -0.2) is 0 Å². The van der Waals surface area contributed by atoms with Crippen LogP contribution in [-0.4, -0.2) is 22.3 Å². The molecule has 2 nitrogen and oxygen atoms in total. The molecule has 0 aliphatic heterocycles. The van der Waals surface area contributed by atoms with E-state index < -0.39 is 10.8 Å². The van der Waals surface area contributed by atoms with Crippen molar-refractivity contribution in [2.45, 2.75) is 31.6 Å². The molecule has 0 bridgehead atoms. The van der Waals surface area contributed by atoms with Crippen LogP contribution in [0.1, 0.15) is 31.9 Å². The van der Waals surface area contributed by atoms with Gasteiger partial charge in [-0.05, 0) is 31.0 Å². The fourth-order valence-electron chi connectivity index (χ4n) is 1.65. The minimum absolute atomic E-state index is 0.141. The van der Waals surface area contributed by atoms with Crippen molar-refractivity contribution in [3.8, 4) is 0 Å². The van der Waals surface area contributed by atoms with Gasteiger partial charge >= 0.3 is 0 Å². The molecular weight excluding hydrogens is 289 g/mol. The predicted octanol–water partition coefficient (Wildman–Crippen LogP) is 3.80. The van der Waals surface area contributed by atoms with Crippen LogP contribution in [0.3, 0.4) is 0 Å². The van der Waals surface area contributed by atoms with Crippen molar-refractivity contribution in [1.29, 1.82) is 0 Å². The summed E-state index contributed by atoms with van der Waals surface area (Å²) in [6.07, 6.45) is 2.67. The van der Waals surface area contributed by atoms with Gasteiger partial charge in [-0.3, -0.25) is 4.21 Å². The van der Waals surface area contributed by atoms with Gasteiger partial charge in [0.05, 0.1) is 10.0 Å². The van der Waals surface area contributed by atoms with Crippen LogP contribution in [0.5, 0.6) is 0 Å². The third kappa shape index (κ3) is 4.54. The molecule has 1 rings (SSSR count). The van der Waals surface area contributed by atoms with Gasteiger partial charge in [0.15, 0.2) is 0 Å². The highest BCUT2D eigenvalue weighted by molar-refractivity contribution is 7.84. The number of rotatable bonds is 6. The van der Waals surface area contributed by atoms with E-state index in [0.717, 1.165) is 18.5 Å². The van der Waals surface area contributed by atoms with Gasteiger partial charge in [-0.2, -0.15) is 0 Å². The maximum absolute atomic E-state index is 11.3. The fraction of sp³-hybridized carbons (Fsp3) is 0.538. The van der Waals surface area contributed by atoms with E-state index in [9.17, 15) is 4.21 Å². The Hall–Kier alpha value is -0.0900. The lowest BCUT2D eigenvalue weighted by molar-refractivity contribution is 0.519. The molecular formula is C13H19Cl2NOS. The van der Waals surface area contributed by atoms with Crippen molar-refractivity contribution in [2.24, 2.45) is 0 Å². The van der Waals surface area contributed by atoms with Gasteiger partial charge in [0.25, 0.3) is 0 Å². The largest absolute Gasteiger partial charge is 0.309 e.